The molecule has 90 valence electrons. The maximum atomic E-state index is 10.1. The van der Waals surface area contributed by atoms with Gasteiger partial charge in [-0.2, -0.15) is 0 Å². The fourth-order valence-electron chi connectivity index (χ4n) is 0.925. The van der Waals surface area contributed by atoms with Crippen LogP contribution in [-0.2, 0) is 4.84 Å². The zero-order chi connectivity index (χ0) is 12.2. The van der Waals surface area contributed by atoms with E-state index in [4.69, 9.17) is 11.0 Å². The normalized spacial score (nSPS) is 9.12. The maximum Gasteiger partial charge on any atom is 0.354 e. The standard InChI is InChI=1S/C6H5NO2.C5H13NO/c8-6(9)5-3-1-2-4-7-5;1-2-3-4-5-7-6/h1-4H,(H,8,9);2-6H2,1H3. The predicted octanol–water partition coefficient (Wildman–Crippen LogP) is 1.85. The molecule has 0 aromatic carbocycles. The molecule has 0 aliphatic rings. The number of nitrogens with two attached hydrogens (primary N) is 1. The predicted molar refractivity (Wildman–Crippen MR) is 60.9 cm³/mol. The van der Waals surface area contributed by atoms with E-state index in [1.807, 2.05) is 0 Å². The number of aromatic nitrogens is 1. The first-order valence-corrected chi connectivity index (χ1v) is 5.18. The molecule has 5 nitrogen and oxygen atoms in total. The van der Waals surface area contributed by atoms with Crippen molar-refractivity contribution in [1.82, 2.24) is 4.98 Å². The number of rotatable bonds is 5. The maximum absolute atomic E-state index is 10.1. The molecule has 0 atom stereocenters. The van der Waals surface area contributed by atoms with Gasteiger partial charge >= 0.3 is 5.97 Å². The molecule has 0 saturated carbocycles. The van der Waals surface area contributed by atoms with Crippen LogP contribution in [0.15, 0.2) is 24.4 Å². The number of nitrogens with zero attached hydrogens (tertiary/aromatic N) is 1. The molecule has 0 aliphatic heterocycles. The van der Waals surface area contributed by atoms with Crippen molar-refractivity contribution in [2.75, 3.05) is 6.61 Å². The SMILES string of the molecule is CCCCCON.O=C(O)c1ccccn1. The fraction of sp³-hybridized carbons (Fsp3) is 0.455. The van der Waals surface area contributed by atoms with Gasteiger partial charge in [0.15, 0.2) is 0 Å². The minimum absolute atomic E-state index is 0.0810. The summed E-state index contributed by atoms with van der Waals surface area (Å²) in [5, 5.41) is 8.32. The zero-order valence-corrected chi connectivity index (χ0v) is 9.43. The van der Waals surface area contributed by atoms with Gasteiger partial charge in [-0.15, -0.1) is 0 Å². The van der Waals surface area contributed by atoms with E-state index in [1.165, 1.54) is 25.1 Å². The lowest BCUT2D eigenvalue weighted by Gasteiger charge is -1.92. The highest BCUT2D eigenvalue weighted by Gasteiger charge is 1.98. The average molecular weight is 226 g/mol. The largest absolute Gasteiger partial charge is 0.477 e. The second-order valence-corrected chi connectivity index (χ2v) is 3.10. The van der Waals surface area contributed by atoms with E-state index >= 15 is 0 Å². The van der Waals surface area contributed by atoms with Gasteiger partial charge in [-0.25, -0.2) is 15.7 Å². The molecule has 16 heavy (non-hydrogen) atoms. The van der Waals surface area contributed by atoms with Crippen molar-refractivity contribution in [2.24, 2.45) is 5.90 Å². The highest BCUT2D eigenvalue weighted by molar-refractivity contribution is 5.85. The van der Waals surface area contributed by atoms with Gasteiger partial charge in [0.2, 0.25) is 0 Å². The van der Waals surface area contributed by atoms with Crippen molar-refractivity contribution in [3.05, 3.63) is 30.1 Å². The van der Waals surface area contributed by atoms with Crippen molar-refractivity contribution in [3.8, 4) is 0 Å². The van der Waals surface area contributed by atoms with Crippen molar-refractivity contribution in [3.63, 3.8) is 0 Å². The third kappa shape index (κ3) is 7.90. The molecule has 0 radical (unpaired) electrons. The second-order valence-electron chi connectivity index (χ2n) is 3.10. The minimum atomic E-state index is -0.990. The molecular weight excluding hydrogens is 208 g/mol. The minimum Gasteiger partial charge on any atom is -0.477 e. The van der Waals surface area contributed by atoms with Gasteiger partial charge in [-0.1, -0.05) is 25.8 Å². The number of carboxylic acids is 1. The van der Waals surface area contributed by atoms with Gasteiger partial charge < -0.3 is 9.94 Å². The second kappa shape index (κ2) is 10.1. The number of carbonyl (C=O) groups is 1. The van der Waals surface area contributed by atoms with Crippen LogP contribution in [0.5, 0.6) is 0 Å². The van der Waals surface area contributed by atoms with Gasteiger partial charge in [0.05, 0.1) is 6.61 Å². The first-order valence-electron chi connectivity index (χ1n) is 5.18. The summed E-state index contributed by atoms with van der Waals surface area (Å²) in [7, 11) is 0. The molecule has 0 bridgehead atoms. The quantitative estimate of drug-likeness (QED) is 0.591. The molecule has 0 saturated heterocycles. The van der Waals surface area contributed by atoms with Crippen LogP contribution in [-0.4, -0.2) is 22.7 Å². The fourth-order valence-corrected chi connectivity index (χ4v) is 0.925. The summed E-state index contributed by atoms with van der Waals surface area (Å²) < 4.78 is 0. The Morgan fingerprint density at radius 2 is 2.25 bits per heavy atom. The summed E-state index contributed by atoms with van der Waals surface area (Å²) >= 11 is 0. The molecule has 0 amide bonds. The topological polar surface area (TPSA) is 85.4 Å². The lowest BCUT2D eigenvalue weighted by Crippen LogP contribution is -1.99. The summed E-state index contributed by atoms with van der Waals surface area (Å²) in [6.07, 6.45) is 4.98. The van der Waals surface area contributed by atoms with Crippen molar-refractivity contribution >= 4 is 5.97 Å². The third-order valence-electron chi connectivity index (χ3n) is 1.75. The first-order chi connectivity index (χ1) is 7.72. The van der Waals surface area contributed by atoms with E-state index in [-0.39, 0.29) is 5.69 Å². The highest BCUT2D eigenvalue weighted by Crippen LogP contribution is 1.91. The van der Waals surface area contributed by atoms with Gasteiger partial charge in [0.1, 0.15) is 5.69 Å². The monoisotopic (exact) mass is 226 g/mol. The summed E-state index contributed by atoms with van der Waals surface area (Å²) in [5.74, 6) is 3.78. The van der Waals surface area contributed by atoms with Crippen molar-refractivity contribution < 1.29 is 14.7 Å². The molecule has 1 aromatic rings. The van der Waals surface area contributed by atoms with E-state index in [0.717, 1.165) is 6.42 Å². The van der Waals surface area contributed by atoms with E-state index in [1.54, 1.807) is 12.1 Å². The number of carboxylic acid groups (broad SMARTS) is 1. The van der Waals surface area contributed by atoms with Crippen LogP contribution in [0.1, 0.15) is 36.7 Å². The van der Waals surface area contributed by atoms with Crippen LogP contribution in [0.3, 0.4) is 0 Å². The summed E-state index contributed by atoms with van der Waals surface area (Å²) in [6, 6.07) is 4.76. The molecule has 5 heteroatoms. The Labute approximate surface area is 95.2 Å². The molecule has 1 aromatic heterocycles. The van der Waals surface area contributed by atoms with Gasteiger partial charge in [0.25, 0.3) is 0 Å². The Morgan fingerprint density at radius 3 is 2.62 bits per heavy atom. The number of aromatic carboxylic acids is 1. The zero-order valence-electron chi connectivity index (χ0n) is 9.43. The van der Waals surface area contributed by atoms with Crippen molar-refractivity contribution in [2.45, 2.75) is 26.2 Å². The van der Waals surface area contributed by atoms with E-state index in [0.29, 0.717) is 6.61 Å². The van der Waals surface area contributed by atoms with Crippen LogP contribution >= 0.6 is 0 Å². The lowest BCUT2D eigenvalue weighted by molar-refractivity contribution is 0.0690. The summed E-state index contributed by atoms with van der Waals surface area (Å²) in [6.45, 7) is 2.85. The van der Waals surface area contributed by atoms with E-state index in [9.17, 15) is 4.79 Å². The summed E-state index contributed by atoms with van der Waals surface area (Å²) in [5.41, 5.74) is 0.0810. The Hall–Kier alpha value is -1.46. The number of unbranched alkanes of at least 4 members (excludes halogenated alkanes) is 2. The molecule has 1 heterocycles. The number of pyridine rings is 1. The Bertz CT molecular complexity index is 274. The Morgan fingerprint density at radius 1 is 1.50 bits per heavy atom. The van der Waals surface area contributed by atoms with Crippen LogP contribution in [0, 0.1) is 0 Å². The molecule has 0 spiro atoms. The summed E-state index contributed by atoms with van der Waals surface area (Å²) in [4.78, 5) is 18.1. The number of hydrogen-bond donors (Lipinski definition) is 2. The molecule has 0 aliphatic carbocycles. The van der Waals surface area contributed by atoms with E-state index < -0.39 is 5.97 Å². The smallest absolute Gasteiger partial charge is 0.354 e. The van der Waals surface area contributed by atoms with Gasteiger partial charge in [-0.05, 0) is 18.6 Å². The number of hydrogen-bond acceptors (Lipinski definition) is 4. The highest BCUT2D eigenvalue weighted by atomic mass is 16.6. The Balaban J connectivity index is 0.000000293. The molecule has 0 fully saturated rings. The first kappa shape index (κ1) is 14.5. The van der Waals surface area contributed by atoms with Crippen LogP contribution in [0.4, 0.5) is 0 Å². The van der Waals surface area contributed by atoms with E-state index in [2.05, 4.69) is 16.7 Å². The van der Waals surface area contributed by atoms with Crippen LogP contribution in [0.2, 0.25) is 0 Å². The molecule has 1 rings (SSSR count). The van der Waals surface area contributed by atoms with Crippen LogP contribution in [0.25, 0.3) is 0 Å². The van der Waals surface area contributed by atoms with Gasteiger partial charge in [-0.3, -0.25) is 0 Å². The van der Waals surface area contributed by atoms with Gasteiger partial charge in [0, 0.05) is 6.20 Å². The van der Waals surface area contributed by atoms with Crippen LogP contribution < -0.4 is 5.90 Å². The molecule has 3 N–H and O–H groups in total. The molecular formula is C11H18N2O3. The Kier molecular flexibility index (Phi) is 9.15. The average Bonchev–Trinajstić information content (AvgIpc) is 2.32. The lowest BCUT2D eigenvalue weighted by atomic mass is 10.3. The third-order valence-corrected chi connectivity index (χ3v) is 1.75. The molecule has 0 unspecified atom stereocenters. The van der Waals surface area contributed by atoms with Crippen molar-refractivity contribution in [1.29, 1.82) is 0 Å².